The molecule has 0 aromatic heterocycles. The van der Waals surface area contributed by atoms with E-state index in [0.717, 1.165) is 18.0 Å². The Bertz CT molecular complexity index is 178. The van der Waals surface area contributed by atoms with E-state index in [1.165, 1.54) is 51.5 Å². The molecule has 0 spiro atoms. The first-order valence-electron chi connectivity index (χ1n) is 6.62. The lowest BCUT2D eigenvalue weighted by Gasteiger charge is -2.24. The highest BCUT2D eigenvalue weighted by molar-refractivity contribution is 4.98. The molecular weight excluding hydrogens is 170 g/mol. The topological polar surface area (TPSA) is 3.24 Å². The Hall–Kier alpha value is -0.0400. The predicted octanol–water partition coefficient (Wildman–Crippen LogP) is 3.44. The SMILES string of the molecule is CCCC1C[C@H]1N1CCC[C@H]1CCC. The van der Waals surface area contributed by atoms with E-state index in [1.54, 1.807) is 0 Å². The van der Waals surface area contributed by atoms with E-state index >= 15 is 0 Å². The van der Waals surface area contributed by atoms with Gasteiger partial charge in [0.05, 0.1) is 0 Å². The van der Waals surface area contributed by atoms with Crippen LogP contribution in [-0.2, 0) is 0 Å². The lowest BCUT2D eigenvalue weighted by molar-refractivity contribution is 0.220. The Labute approximate surface area is 88.9 Å². The van der Waals surface area contributed by atoms with E-state index in [4.69, 9.17) is 0 Å². The van der Waals surface area contributed by atoms with Crippen molar-refractivity contribution in [3.05, 3.63) is 0 Å². The molecule has 1 saturated heterocycles. The normalized spacial score (nSPS) is 37.7. The minimum absolute atomic E-state index is 0.951. The monoisotopic (exact) mass is 195 g/mol. The van der Waals surface area contributed by atoms with E-state index in [0.29, 0.717) is 0 Å². The summed E-state index contributed by atoms with van der Waals surface area (Å²) in [6.07, 6.45) is 10.1. The van der Waals surface area contributed by atoms with Crippen molar-refractivity contribution in [2.75, 3.05) is 6.54 Å². The molecule has 0 bridgehead atoms. The summed E-state index contributed by atoms with van der Waals surface area (Å²) < 4.78 is 0. The number of likely N-dealkylation sites (tertiary alicyclic amines) is 1. The molecule has 82 valence electrons. The van der Waals surface area contributed by atoms with E-state index < -0.39 is 0 Å². The smallest absolute Gasteiger partial charge is 0.0130 e. The number of nitrogens with zero attached hydrogens (tertiary/aromatic N) is 1. The standard InChI is InChI=1S/C13H25N/c1-3-6-11-10-13(11)14-9-5-8-12(14)7-4-2/h11-13H,3-10H2,1-2H3/t11?,12-,13-/m1/s1. The van der Waals surface area contributed by atoms with Crippen molar-refractivity contribution in [2.45, 2.75) is 70.9 Å². The molecule has 1 heterocycles. The van der Waals surface area contributed by atoms with E-state index in [2.05, 4.69) is 18.7 Å². The average Bonchev–Trinajstić information content (AvgIpc) is 2.77. The van der Waals surface area contributed by atoms with Crippen molar-refractivity contribution in [3.8, 4) is 0 Å². The van der Waals surface area contributed by atoms with Gasteiger partial charge in [-0.15, -0.1) is 0 Å². The fraction of sp³-hybridized carbons (Fsp3) is 1.00. The molecule has 1 nitrogen and oxygen atoms in total. The van der Waals surface area contributed by atoms with E-state index in [1.807, 2.05) is 0 Å². The third-order valence-corrected chi connectivity index (χ3v) is 4.02. The molecule has 0 radical (unpaired) electrons. The van der Waals surface area contributed by atoms with Crippen molar-refractivity contribution in [2.24, 2.45) is 5.92 Å². The van der Waals surface area contributed by atoms with Gasteiger partial charge >= 0.3 is 0 Å². The zero-order chi connectivity index (χ0) is 9.97. The highest BCUT2D eigenvalue weighted by Gasteiger charge is 2.44. The number of hydrogen-bond donors (Lipinski definition) is 0. The summed E-state index contributed by atoms with van der Waals surface area (Å²) in [5, 5.41) is 0. The summed E-state index contributed by atoms with van der Waals surface area (Å²) >= 11 is 0. The quantitative estimate of drug-likeness (QED) is 0.649. The molecule has 1 saturated carbocycles. The maximum absolute atomic E-state index is 2.84. The van der Waals surface area contributed by atoms with E-state index in [9.17, 15) is 0 Å². The summed E-state index contributed by atoms with van der Waals surface area (Å²) in [5.41, 5.74) is 0. The van der Waals surface area contributed by atoms with Crippen molar-refractivity contribution in [1.29, 1.82) is 0 Å². The van der Waals surface area contributed by atoms with Crippen LogP contribution in [0.25, 0.3) is 0 Å². The van der Waals surface area contributed by atoms with Gasteiger partial charge in [0.25, 0.3) is 0 Å². The first kappa shape index (κ1) is 10.5. The molecule has 1 aliphatic carbocycles. The van der Waals surface area contributed by atoms with Gasteiger partial charge in [-0.25, -0.2) is 0 Å². The zero-order valence-electron chi connectivity index (χ0n) is 9.84. The predicted molar refractivity (Wildman–Crippen MR) is 61.4 cm³/mol. The zero-order valence-corrected chi connectivity index (χ0v) is 9.84. The van der Waals surface area contributed by atoms with E-state index in [-0.39, 0.29) is 0 Å². The highest BCUT2D eigenvalue weighted by atomic mass is 15.2. The Morgan fingerprint density at radius 3 is 2.64 bits per heavy atom. The molecule has 0 amide bonds. The third-order valence-electron chi connectivity index (χ3n) is 4.02. The van der Waals surface area contributed by atoms with Gasteiger partial charge in [-0.2, -0.15) is 0 Å². The van der Waals surface area contributed by atoms with Gasteiger partial charge in [0, 0.05) is 12.1 Å². The van der Waals surface area contributed by atoms with Crippen LogP contribution in [0.2, 0.25) is 0 Å². The van der Waals surface area contributed by atoms with Crippen LogP contribution in [-0.4, -0.2) is 23.5 Å². The van der Waals surface area contributed by atoms with Gasteiger partial charge in [0.2, 0.25) is 0 Å². The van der Waals surface area contributed by atoms with Gasteiger partial charge in [-0.1, -0.05) is 26.7 Å². The van der Waals surface area contributed by atoms with Crippen LogP contribution in [0.5, 0.6) is 0 Å². The van der Waals surface area contributed by atoms with Crippen LogP contribution in [0.15, 0.2) is 0 Å². The summed E-state index contributed by atoms with van der Waals surface area (Å²) in [7, 11) is 0. The maximum Gasteiger partial charge on any atom is 0.0130 e. The molecule has 0 aromatic carbocycles. The van der Waals surface area contributed by atoms with Gasteiger partial charge in [-0.05, 0) is 44.6 Å². The molecule has 14 heavy (non-hydrogen) atoms. The molecular formula is C13H25N. The molecule has 2 fully saturated rings. The summed E-state index contributed by atoms with van der Waals surface area (Å²) in [5.74, 6) is 1.07. The van der Waals surface area contributed by atoms with Gasteiger partial charge < -0.3 is 0 Å². The summed E-state index contributed by atoms with van der Waals surface area (Å²) in [6.45, 7) is 6.05. The van der Waals surface area contributed by atoms with Crippen LogP contribution in [0.1, 0.15) is 58.8 Å². The largest absolute Gasteiger partial charge is 0.297 e. The van der Waals surface area contributed by atoms with Crippen LogP contribution in [0.4, 0.5) is 0 Å². The van der Waals surface area contributed by atoms with Crippen LogP contribution in [0, 0.1) is 5.92 Å². The Balaban J connectivity index is 1.80. The Morgan fingerprint density at radius 2 is 1.93 bits per heavy atom. The Morgan fingerprint density at radius 1 is 1.14 bits per heavy atom. The first-order chi connectivity index (χ1) is 6.86. The lowest BCUT2D eigenvalue weighted by Crippen LogP contribution is -2.32. The molecule has 2 aliphatic rings. The molecule has 1 unspecified atom stereocenters. The fourth-order valence-electron chi connectivity index (χ4n) is 3.26. The van der Waals surface area contributed by atoms with Crippen LogP contribution < -0.4 is 0 Å². The lowest BCUT2D eigenvalue weighted by atomic mass is 10.1. The first-order valence-corrected chi connectivity index (χ1v) is 6.62. The molecule has 1 heteroatoms. The minimum Gasteiger partial charge on any atom is -0.297 e. The Kier molecular flexibility index (Phi) is 3.48. The average molecular weight is 195 g/mol. The van der Waals surface area contributed by atoms with Gasteiger partial charge in [0.1, 0.15) is 0 Å². The second-order valence-electron chi connectivity index (χ2n) is 5.17. The molecule has 2 rings (SSSR count). The van der Waals surface area contributed by atoms with Crippen LogP contribution in [0.3, 0.4) is 0 Å². The number of rotatable bonds is 5. The maximum atomic E-state index is 2.84. The minimum atomic E-state index is 0.951. The molecule has 1 aliphatic heterocycles. The molecule has 0 N–H and O–H groups in total. The fourth-order valence-corrected chi connectivity index (χ4v) is 3.26. The second-order valence-corrected chi connectivity index (χ2v) is 5.17. The third kappa shape index (κ3) is 2.13. The van der Waals surface area contributed by atoms with Gasteiger partial charge in [-0.3, -0.25) is 4.90 Å². The molecule has 0 aromatic rings. The van der Waals surface area contributed by atoms with Gasteiger partial charge in [0.15, 0.2) is 0 Å². The summed E-state index contributed by atoms with van der Waals surface area (Å²) in [6, 6.07) is 1.95. The van der Waals surface area contributed by atoms with Crippen molar-refractivity contribution in [3.63, 3.8) is 0 Å². The highest BCUT2D eigenvalue weighted by Crippen LogP contribution is 2.43. The van der Waals surface area contributed by atoms with Crippen LogP contribution >= 0.6 is 0 Å². The van der Waals surface area contributed by atoms with Crippen molar-refractivity contribution in [1.82, 2.24) is 4.90 Å². The number of hydrogen-bond acceptors (Lipinski definition) is 1. The van der Waals surface area contributed by atoms with Crippen molar-refractivity contribution < 1.29 is 0 Å². The van der Waals surface area contributed by atoms with Crippen molar-refractivity contribution >= 4 is 0 Å². The molecule has 3 atom stereocenters. The summed E-state index contributed by atoms with van der Waals surface area (Å²) in [4.78, 5) is 2.84. The second kappa shape index (κ2) is 4.65.